The number of hydrogen-bond acceptors (Lipinski definition) is 5. The van der Waals surface area contributed by atoms with Crippen LogP contribution in [0.4, 0.5) is 0 Å². The molecule has 1 aliphatic carbocycles. The highest BCUT2D eigenvalue weighted by atomic mass is 35.5. The number of piperazine rings is 1. The Balaban J connectivity index is 0.00000180. The number of halogens is 3. The van der Waals surface area contributed by atoms with Crippen LogP contribution < -0.4 is 15.4 Å². The Bertz CT molecular complexity index is 1110. The summed E-state index contributed by atoms with van der Waals surface area (Å²) in [6.45, 7) is 3.91. The Kier molecular flexibility index (Phi) is 10.4. The molecule has 200 valence electrons. The predicted octanol–water partition coefficient (Wildman–Crippen LogP) is 4.50. The minimum atomic E-state index is -3.22. The number of nitrogens with one attached hydrogen (secondary N) is 2. The van der Waals surface area contributed by atoms with Gasteiger partial charge in [-0.3, -0.25) is 0 Å². The summed E-state index contributed by atoms with van der Waals surface area (Å²) in [5.74, 6) is 0.944. The number of rotatable bonds is 8. The topological polar surface area (TPSA) is 70.7 Å². The summed E-state index contributed by atoms with van der Waals surface area (Å²) >= 11 is 6.17. The van der Waals surface area contributed by atoms with E-state index in [2.05, 4.69) is 34.9 Å². The Hall–Kier alpha value is -1.06. The van der Waals surface area contributed by atoms with Gasteiger partial charge in [0.05, 0.1) is 12.4 Å². The van der Waals surface area contributed by atoms with Gasteiger partial charge >= 0.3 is 0 Å². The summed E-state index contributed by atoms with van der Waals surface area (Å²) < 4.78 is 32.8. The first-order valence-electron chi connectivity index (χ1n) is 12.4. The van der Waals surface area contributed by atoms with Crippen LogP contribution in [0.1, 0.15) is 48.4 Å². The van der Waals surface area contributed by atoms with E-state index in [1.165, 1.54) is 23.1 Å². The Morgan fingerprint density at radius 3 is 2.42 bits per heavy atom. The minimum absolute atomic E-state index is 0. The van der Waals surface area contributed by atoms with E-state index in [1.807, 2.05) is 18.2 Å². The van der Waals surface area contributed by atoms with Crippen LogP contribution in [0, 0.1) is 0 Å². The predicted molar refractivity (Wildman–Crippen MR) is 151 cm³/mol. The molecule has 1 saturated heterocycles. The van der Waals surface area contributed by atoms with Crippen molar-refractivity contribution in [3.8, 4) is 5.75 Å². The monoisotopic (exact) mass is 575 g/mol. The van der Waals surface area contributed by atoms with Crippen molar-refractivity contribution in [2.45, 2.75) is 43.6 Å². The second-order valence-electron chi connectivity index (χ2n) is 9.68. The number of ether oxygens (including phenoxy) is 1. The minimum Gasteiger partial charge on any atom is -0.494 e. The fraction of sp³-hybridized carbons (Fsp3) is 0.538. The molecule has 5 rings (SSSR count). The van der Waals surface area contributed by atoms with E-state index < -0.39 is 10.0 Å². The zero-order chi connectivity index (χ0) is 23.6. The molecule has 6 nitrogen and oxygen atoms in total. The summed E-state index contributed by atoms with van der Waals surface area (Å²) in [5.41, 5.74) is 4.11. The van der Waals surface area contributed by atoms with Crippen LogP contribution in [0.5, 0.6) is 5.75 Å². The maximum atomic E-state index is 12.6. The molecule has 10 heteroatoms. The summed E-state index contributed by atoms with van der Waals surface area (Å²) in [7, 11) is -3.22. The van der Waals surface area contributed by atoms with Gasteiger partial charge in [-0.1, -0.05) is 36.2 Å². The molecule has 0 aromatic heterocycles. The maximum absolute atomic E-state index is 12.6. The fourth-order valence-electron chi connectivity index (χ4n) is 5.68. The molecule has 2 aromatic rings. The smallest absolute Gasteiger partial charge is 0.214 e. The molecule has 2 aliphatic heterocycles. The molecule has 2 N–H and O–H groups in total. The lowest BCUT2D eigenvalue weighted by Crippen LogP contribution is -2.49. The molecule has 3 aliphatic rings. The molecule has 2 heterocycles. The molecule has 0 radical (unpaired) electrons. The number of hydrogen-bond donors (Lipinski definition) is 2. The van der Waals surface area contributed by atoms with Crippen molar-refractivity contribution >= 4 is 46.4 Å². The average Bonchev–Trinajstić information content (AvgIpc) is 2.83. The normalized spacial score (nSPS) is 21.3. The first-order chi connectivity index (χ1) is 16.5. The zero-order valence-corrected chi connectivity index (χ0v) is 23.6. The third-order valence-corrected chi connectivity index (χ3v) is 9.88. The summed E-state index contributed by atoms with van der Waals surface area (Å²) in [4.78, 5) is 0. The number of benzene rings is 2. The van der Waals surface area contributed by atoms with Crippen molar-refractivity contribution in [1.29, 1.82) is 0 Å². The number of sulfonamides is 1. The SMILES string of the molecule is Cl.Cl.O=S(=O)(CCCOc1ccc2c(c1)C(C1(c3ccc(Cl)cc3)CCC1)NCC2)N1CCNCC1. The van der Waals surface area contributed by atoms with E-state index in [9.17, 15) is 8.42 Å². The van der Waals surface area contributed by atoms with Crippen molar-refractivity contribution in [2.24, 2.45) is 0 Å². The molecule has 0 bridgehead atoms. The molecular weight excluding hydrogens is 541 g/mol. The van der Waals surface area contributed by atoms with Gasteiger partial charge in [0, 0.05) is 42.7 Å². The Morgan fingerprint density at radius 2 is 1.75 bits per heavy atom. The summed E-state index contributed by atoms with van der Waals surface area (Å²) in [6.07, 6.45) is 5.03. The molecule has 2 fully saturated rings. The van der Waals surface area contributed by atoms with Crippen LogP contribution in [0.25, 0.3) is 0 Å². The molecule has 36 heavy (non-hydrogen) atoms. The van der Waals surface area contributed by atoms with Gasteiger partial charge in [-0.05, 0) is 73.2 Å². The lowest BCUT2D eigenvalue weighted by atomic mass is 9.58. The van der Waals surface area contributed by atoms with Gasteiger partial charge in [0.2, 0.25) is 10.0 Å². The molecule has 1 saturated carbocycles. The second kappa shape index (κ2) is 12.7. The van der Waals surface area contributed by atoms with Gasteiger partial charge < -0.3 is 15.4 Å². The van der Waals surface area contributed by atoms with Gasteiger partial charge in [-0.2, -0.15) is 4.31 Å². The highest BCUT2D eigenvalue weighted by Crippen LogP contribution is 2.53. The number of fused-ring (bicyclic) bond motifs is 1. The van der Waals surface area contributed by atoms with Crippen LogP contribution in [0.15, 0.2) is 42.5 Å². The molecule has 0 amide bonds. The molecule has 1 atom stereocenters. The lowest BCUT2D eigenvalue weighted by molar-refractivity contribution is 0.164. The highest BCUT2D eigenvalue weighted by molar-refractivity contribution is 7.89. The molecule has 2 aromatic carbocycles. The lowest BCUT2D eigenvalue weighted by Gasteiger charge is -2.50. The first-order valence-corrected chi connectivity index (χ1v) is 14.4. The van der Waals surface area contributed by atoms with Crippen LogP contribution in [-0.4, -0.2) is 57.8 Å². The van der Waals surface area contributed by atoms with Crippen LogP contribution in [0.3, 0.4) is 0 Å². The molecule has 1 unspecified atom stereocenters. The average molecular weight is 577 g/mol. The van der Waals surface area contributed by atoms with Crippen molar-refractivity contribution in [3.63, 3.8) is 0 Å². The van der Waals surface area contributed by atoms with E-state index in [0.29, 0.717) is 26.1 Å². The maximum Gasteiger partial charge on any atom is 0.214 e. The van der Waals surface area contributed by atoms with E-state index in [1.54, 1.807) is 4.31 Å². The van der Waals surface area contributed by atoms with Crippen LogP contribution in [0.2, 0.25) is 5.02 Å². The first kappa shape index (κ1) is 29.5. The summed E-state index contributed by atoms with van der Waals surface area (Å²) in [6, 6.07) is 15.0. The van der Waals surface area contributed by atoms with Crippen molar-refractivity contribution in [2.75, 3.05) is 45.1 Å². The Labute approximate surface area is 232 Å². The van der Waals surface area contributed by atoms with Crippen molar-refractivity contribution in [1.82, 2.24) is 14.9 Å². The Morgan fingerprint density at radius 1 is 1.03 bits per heavy atom. The van der Waals surface area contributed by atoms with Gasteiger partial charge in [-0.25, -0.2) is 8.42 Å². The molecular formula is C26H36Cl3N3O3S. The van der Waals surface area contributed by atoms with E-state index >= 15 is 0 Å². The zero-order valence-electron chi connectivity index (χ0n) is 20.4. The largest absolute Gasteiger partial charge is 0.494 e. The van der Waals surface area contributed by atoms with E-state index in [-0.39, 0.29) is 42.0 Å². The fourth-order valence-corrected chi connectivity index (χ4v) is 7.29. The van der Waals surface area contributed by atoms with Crippen LogP contribution in [-0.2, 0) is 21.9 Å². The van der Waals surface area contributed by atoms with E-state index in [0.717, 1.165) is 49.7 Å². The third kappa shape index (κ3) is 6.15. The second-order valence-corrected chi connectivity index (χ2v) is 12.2. The third-order valence-electron chi connectivity index (χ3n) is 7.67. The van der Waals surface area contributed by atoms with Crippen LogP contribution >= 0.6 is 36.4 Å². The van der Waals surface area contributed by atoms with Gasteiger partial charge in [-0.15, -0.1) is 24.8 Å². The van der Waals surface area contributed by atoms with Gasteiger partial charge in [0.15, 0.2) is 0 Å². The van der Waals surface area contributed by atoms with Gasteiger partial charge in [0.25, 0.3) is 0 Å². The quantitative estimate of drug-likeness (QED) is 0.453. The van der Waals surface area contributed by atoms with Gasteiger partial charge in [0.1, 0.15) is 5.75 Å². The van der Waals surface area contributed by atoms with Crippen molar-refractivity contribution in [3.05, 3.63) is 64.2 Å². The van der Waals surface area contributed by atoms with E-state index in [4.69, 9.17) is 16.3 Å². The van der Waals surface area contributed by atoms with Crippen molar-refractivity contribution < 1.29 is 13.2 Å². The summed E-state index contributed by atoms with van der Waals surface area (Å²) in [5, 5.41) is 7.77. The highest BCUT2D eigenvalue weighted by Gasteiger charge is 2.47. The number of nitrogens with zero attached hydrogens (tertiary/aromatic N) is 1. The molecule has 0 spiro atoms. The standard InChI is InChI=1S/C26H34ClN3O3S.2ClH/c27-22-6-4-21(5-7-22)26(10-1-11-26)25-24-19-23(8-3-20(24)9-12-29-25)33-17-2-18-34(31,32)30-15-13-28-14-16-30;;/h3-8,19,25,28-29H,1-2,9-18H2;2*1H.